The minimum atomic E-state index is -2.42. The van der Waals surface area contributed by atoms with Crippen molar-refractivity contribution in [1.29, 1.82) is 0 Å². The number of fused-ring (bicyclic) bond motifs is 1. The lowest BCUT2D eigenvalue weighted by Crippen LogP contribution is -2.50. The maximum atomic E-state index is 12.8. The standard InChI is InChI=1S/C16H11BrN2O7/c1-25-9-6-7-12(18(21)22)11(8-9)15-16(17,19(23)24)14(20)10-4-2-3-5-13(10)26-15/h2-8,15H,1H3/t15-,16-/m1/s1. The van der Waals surface area contributed by atoms with Gasteiger partial charge in [-0.25, -0.2) is 0 Å². The van der Waals surface area contributed by atoms with E-state index in [1.807, 2.05) is 0 Å². The van der Waals surface area contributed by atoms with Gasteiger partial charge in [-0.2, -0.15) is 0 Å². The minimum Gasteiger partial charge on any atom is -0.497 e. The van der Waals surface area contributed by atoms with E-state index in [-0.39, 0.29) is 22.6 Å². The third-order valence-corrected chi connectivity index (χ3v) is 5.09. The third kappa shape index (κ3) is 2.58. The zero-order valence-electron chi connectivity index (χ0n) is 13.2. The van der Waals surface area contributed by atoms with E-state index in [1.165, 1.54) is 31.4 Å². The predicted octanol–water partition coefficient (Wildman–Crippen LogP) is 3.29. The number of hydrogen-bond acceptors (Lipinski definition) is 7. The predicted molar refractivity (Wildman–Crippen MR) is 92.4 cm³/mol. The van der Waals surface area contributed by atoms with E-state index in [0.717, 1.165) is 6.07 Å². The summed E-state index contributed by atoms with van der Waals surface area (Å²) in [5.74, 6) is -0.512. The monoisotopic (exact) mass is 422 g/mol. The Kier molecular flexibility index (Phi) is 4.36. The number of carbonyl (C=O) groups excluding carboxylic acids is 1. The lowest BCUT2D eigenvalue weighted by molar-refractivity contribution is -0.530. The van der Waals surface area contributed by atoms with E-state index >= 15 is 0 Å². The van der Waals surface area contributed by atoms with Crippen molar-refractivity contribution in [3.63, 3.8) is 0 Å². The van der Waals surface area contributed by atoms with Gasteiger partial charge in [-0.3, -0.25) is 25.0 Å². The summed E-state index contributed by atoms with van der Waals surface area (Å²) in [6.45, 7) is 0. The van der Waals surface area contributed by atoms with Crippen LogP contribution in [0.3, 0.4) is 0 Å². The largest absolute Gasteiger partial charge is 0.497 e. The van der Waals surface area contributed by atoms with Crippen LogP contribution in [0.2, 0.25) is 0 Å². The number of nitro benzene ring substituents is 1. The smallest absolute Gasteiger partial charge is 0.376 e. The molecule has 0 bridgehead atoms. The van der Waals surface area contributed by atoms with Gasteiger partial charge >= 0.3 is 4.45 Å². The number of methoxy groups -OCH3 is 1. The molecule has 10 heteroatoms. The Morgan fingerprint density at radius 3 is 2.50 bits per heavy atom. The summed E-state index contributed by atoms with van der Waals surface area (Å²) in [5.41, 5.74) is -0.553. The first kappa shape index (κ1) is 17.8. The van der Waals surface area contributed by atoms with Gasteiger partial charge in [-0.1, -0.05) is 12.1 Å². The summed E-state index contributed by atoms with van der Waals surface area (Å²) in [6.07, 6.45) is -1.57. The number of Topliss-reactive ketones (excluding diaryl/α,β-unsaturated/α-hetero) is 1. The van der Waals surface area contributed by atoms with Crippen molar-refractivity contribution in [1.82, 2.24) is 0 Å². The Morgan fingerprint density at radius 1 is 1.19 bits per heavy atom. The minimum absolute atomic E-state index is 0.0166. The van der Waals surface area contributed by atoms with Crippen LogP contribution in [0.25, 0.3) is 0 Å². The highest BCUT2D eigenvalue weighted by atomic mass is 79.9. The molecule has 1 aliphatic heterocycles. The fourth-order valence-corrected chi connectivity index (χ4v) is 3.31. The van der Waals surface area contributed by atoms with E-state index in [9.17, 15) is 25.0 Å². The summed E-state index contributed by atoms with van der Waals surface area (Å²) in [6, 6.07) is 9.76. The number of halogens is 1. The quantitative estimate of drug-likeness (QED) is 0.320. The van der Waals surface area contributed by atoms with Gasteiger partial charge in [0.05, 0.1) is 28.1 Å². The molecule has 0 spiro atoms. The van der Waals surface area contributed by atoms with Crippen LogP contribution in [-0.2, 0) is 0 Å². The number of nitrogens with zero attached hydrogens (tertiary/aromatic N) is 2. The number of alkyl halides is 1. The van der Waals surface area contributed by atoms with Crippen LogP contribution >= 0.6 is 15.9 Å². The SMILES string of the molecule is COc1ccc([N+](=O)[O-])c([C@H]2Oc3ccccc3C(=O)[C@@]2(Br)[N+](=O)[O-])c1. The van der Waals surface area contributed by atoms with E-state index in [4.69, 9.17) is 9.47 Å². The molecule has 134 valence electrons. The van der Waals surface area contributed by atoms with E-state index in [1.54, 1.807) is 12.1 Å². The number of benzene rings is 2. The first-order chi connectivity index (χ1) is 12.3. The van der Waals surface area contributed by atoms with Crippen LogP contribution in [0.1, 0.15) is 22.0 Å². The van der Waals surface area contributed by atoms with E-state index in [0.29, 0.717) is 0 Å². The number of carbonyl (C=O) groups is 1. The van der Waals surface area contributed by atoms with Crippen LogP contribution in [0.15, 0.2) is 42.5 Å². The lowest BCUT2D eigenvalue weighted by Gasteiger charge is -2.32. The van der Waals surface area contributed by atoms with Crippen LogP contribution in [0, 0.1) is 20.2 Å². The average Bonchev–Trinajstić information content (AvgIpc) is 2.63. The van der Waals surface area contributed by atoms with Crippen molar-refractivity contribution in [3.8, 4) is 11.5 Å². The Labute approximate surface area is 155 Å². The van der Waals surface area contributed by atoms with Gasteiger partial charge in [0.15, 0.2) is 0 Å². The molecule has 0 saturated carbocycles. The number of ether oxygens (including phenoxy) is 2. The van der Waals surface area contributed by atoms with Gasteiger partial charge in [0.25, 0.3) is 11.5 Å². The molecule has 0 radical (unpaired) electrons. The second-order valence-corrected chi connectivity index (χ2v) is 6.64. The molecule has 0 fully saturated rings. The van der Waals surface area contributed by atoms with Crippen molar-refractivity contribution in [2.24, 2.45) is 0 Å². The average molecular weight is 423 g/mol. The second-order valence-electron chi connectivity index (χ2n) is 5.44. The molecule has 0 N–H and O–H groups in total. The molecule has 0 amide bonds. The van der Waals surface area contributed by atoms with Crippen LogP contribution in [0.5, 0.6) is 11.5 Å². The third-order valence-electron chi connectivity index (χ3n) is 4.02. The first-order valence-electron chi connectivity index (χ1n) is 7.27. The molecule has 2 atom stereocenters. The van der Waals surface area contributed by atoms with Crippen molar-refractivity contribution < 1.29 is 24.1 Å². The molecule has 26 heavy (non-hydrogen) atoms. The van der Waals surface area contributed by atoms with Crippen molar-refractivity contribution in [2.75, 3.05) is 7.11 Å². The van der Waals surface area contributed by atoms with E-state index in [2.05, 4.69) is 15.9 Å². The zero-order chi connectivity index (χ0) is 19.1. The fourth-order valence-electron chi connectivity index (χ4n) is 2.75. The van der Waals surface area contributed by atoms with Gasteiger partial charge in [-0.15, -0.1) is 0 Å². The Bertz CT molecular complexity index is 933. The summed E-state index contributed by atoms with van der Waals surface area (Å²) < 4.78 is 8.33. The van der Waals surface area contributed by atoms with Crippen LogP contribution < -0.4 is 9.47 Å². The maximum absolute atomic E-state index is 12.8. The molecule has 1 aliphatic rings. The highest BCUT2D eigenvalue weighted by Crippen LogP contribution is 2.48. The van der Waals surface area contributed by atoms with Crippen molar-refractivity contribution in [2.45, 2.75) is 10.6 Å². The molecule has 1 heterocycles. The second kappa shape index (κ2) is 6.37. The van der Waals surface area contributed by atoms with Crippen molar-refractivity contribution >= 4 is 27.4 Å². The number of hydrogen-bond donors (Lipinski definition) is 0. The number of para-hydroxylation sites is 1. The molecule has 0 unspecified atom stereocenters. The van der Waals surface area contributed by atoms with Gasteiger partial charge in [0.2, 0.25) is 6.10 Å². The van der Waals surface area contributed by atoms with Gasteiger partial charge < -0.3 is 9.47 Å². The highest BCUT2D eigenvalue weighted by molar-refractivity contribution is 9.10. The van der Waals surface area contributed by atoms with Gasteiger partial charge in [0, 0.05) is 22.0 Å². The summed E-state index contributed by atoms with van der Waals surface area (Å²) in [5, 5.41) is 23.2. The summed E-state index contributed by atoms with van der Waals surface area (Å²) in [4.78, 5) is 34.5. The van der Waals surface area contributed by atoms with Gasteiger partial charge in [0.1, 0.15) is 11.5 Å². The normalized spacial score (nSPS) is 21.5. The number of ketones is 1. The molecular weight excluding hydrogens is 412 g/mol. The summed E-state index contributed by atoms with van der Waals surface area (Å²) >= 11 is 2.89. The Hall–Kier alpha value is -3.01. The Balaban J connectivity index is 2.28. The topological polar surface area (TPSA) is 122 Å². The van der Waals surface area contributed by atoms with Crippen molar-refractivity contribution in [3.05, 3.63) is 73.8 Å². The first-order valence-corrected chi connectivity index (χ1v) is 8.06. The molecule has 2 aromatic carbocycles. The van der Waals surface area contributed by atoms with E-state index < -0.39 is 31.9 Å². The molecule has 0 aliphatic carbocycles. The Morgan fingerprint density at radius 2 is 1.88 bits per heavy atom. The lowest BCUT2D eigenvalue weighted by atomic mass is 9.90. The summed E-state index contributed by atoms with van der Waals surface area (Å²) in [7, 11) is 1.35. The van der Waals surface area contributed by atoms with Crippen LogP contribution in [0.4, 0.5) is 5.69 Å². The highest BCUT2D eigenvalue weighted by Gasteiger charge is 2.62. The molecule has 0 saturated heterocycles. The molecular formula is C16H11BrN2O7. The number of nitro groups is 2. The maximum Gasteiger partial charge on any atom is 0.376 e. The van der Waals surface area contributed by atoms with Crippen LogP contribution in [-0.4, -0.2) is 27.2 Å². The number of rotatable bonds is 4. The molecule has 2 aromatic rings. The fraction of sp³-hybridized carbons (Fsp3) is 0.188. The molecule has 0 aromatic heterocycles. The molecule has 3 rings (SSSR count). The van der Waals surface area contributed by atoms with Gasteiger partial charge in [-0.05, 0) is 24.3 Å². The zero-order valence-corrected chi connectivity index (χ0v) is 14.8. The molecule has 9 nitrogen and oxygen atoms in total.